The van der Waals surface area contributed by atoms with Gasteiger partial charge in [0.1, 0.15) is 17.4 Å². The summed E-state index contributed by atoms with van der Waals surface area (Å²) < 4.78 is 32.8. The van der Waals surface area contributed by atoms with E-state index in [1.807, 2.05) is 38.1 Å². The lowest BCUT2D eigenvalue weighted by atomic mass is 9.97. The molecule has 0 spiro atoms. The zero-order chi connectivity index (χ0) is 22.4. The highest BCUT2D eigenvalue weighted by Crippen LogP contribution is 2.31. The topological polar surface area (TPSA) is 38.7 Å². The highest BCUT2D eigenvalue weighted by molar-refractivity contribution is 6.06. The number of nitrogens with zero attached hydrogens (tertiary/aromatic N) is 1. The number of hydrogen-bond donors (Lipinski definition) is 0. The summed E-state index contributed by atoms with van der Waals surface area (Å²) in [5.74, 6) is -0.687. The van der Waals surface area contributed by atoms with Crippen LogP contribution in [-0.4, -0.2) is 18.6 Å². The SMILES string of the molecule is CCCCC(=O)c1cc(-c2cc(F)cc(F)c2)ccc1N=C(C)c1ccccc1OC. The molecule has 5 heteroatoms. The van der Waals surface area contributed by atoms with E-state index in [4.69, 9.17) is 9.73 Å². The van der Waals surface area contributed by atoms with Gasteiger partial charge in [-0.1, -0.05) is 31.5 Å². The standard InChI is InChI=1S/C26H25F2NO2/c1-4-5-9-25(30)23-15-18(19-13-20(27)16-21(28)14-19)11-12-24(23)29-17(2)22-8-6-7-10-26(22)31-3/h6-8,10-16H,4-5,9H2,1-3H3. The number of unbranched alkanes of at least 4 members (excludes halogenated alkanes) is 1. The van der Waals surface area contributed by atoms with E-state index < -0.39 is 11.6 Å². The van der Waals surface area contributed by atoms with Gasteiger partial charge in [-0.05, 0) is 60.9 Å². The molecule has 160 valence electrons. The molecule has 0 aliphatic rings. The number of benzene rings is 3. The zero-order valence-corrected chi connectivity index (χ0v) is 17.9. The second kappa shape index (κ2) is 10.1. The Balaban J connectivity index is 2.09. The molecule has 3 rings (SSSR count). The average molecular weight is 421 g/mol. The quantitative estimate of drug-likeness (QED) is 0.286. The first-order valence-corrected chi connectivity index (χ1v) is 10.2. The van der Waals surface area contributed by atoms with Crippen LogP contribution in [0, 0.1) is 11.6 Å². The molecular weight excluding hydrogens is 396 g/mol. The first-order chi connectivity index (χ1) is 14.9. The average Bonchev–Trinajstić information content (AvgIpc) is 2.76. The van der Waals surface area contributed by atoms with Gasteiger partial charge in [0.15, 0.2) is 5.78 Å². The second-order valence-electron chi connectivity index (χ2n) is 7.31. The molecular formula is C26H25F2NO2. The lowest BCUT2D eigenvalue weighted by Gasteiger charge is -2.12. The molecule has 0 unspecified atom stereocenters. The van der Waals surface area contributed by atoms with E-state index in [0.29, 0.717) is 40.3 Å². The van der Waals surface area contributed by atoms with Crippen LogP contribution in [0.1, 0.15) is 49.0 Å². The molecule has 3 aromatic carbocycles. The van der Waals surface area contributed by atoms with Crippen molar-refractivity contribution in [2.24, 2.45) is 4.99 Å². The largest absolute Gasteiger partial charge is 0.496 e. The number of para-hydroxylation sites is 1. The van der Waals surface area contributed by atoms with Gasteiger partial charge in [-0.15, -0.1) is 0 Å². The maximum Gasteiger partial charge on any atom is 0.165 e. The molecule has 0 N–H and O–H groups in total. The third-order valence-electron chi connectivity index (χ3n) is 5.04. The van der Waals surface area contributed by atoms with Crippen molar-refractivity contribution in [2.75, 3.05) is 7.11 Å². The summed E-state index contributed by atoms with van der Waals surface area (Å²) in [5, 5.41) is 0. The lowest BCUT2D eigenvalue weighted by Crippen LogP contribution is -2.02. The molecule has 31 heavy (non-hydrogen) atoms. The molecule has 0 aliphatic heterocycles. The number of ether oxygens (including phenoxy) is 1. The maximum atomic E-state index is 13.7. The summed E-state index contributed by atoms with van der Waals surface area (Å²) >= 11 is 0. The van der Waals surface area contributed by atoms with Gasteiger partial charge in [0.05, 0.1) is 12.8 Å². The van der Waals surface area contributed by atoms with E-state index in [0.717, 1.165) is 24.5 Å². The molecule has 0 radical (unpaired) electrons. The maximum absolute atomic E-state index is 13.7. The van der Waals surface area contributed by atoms with Crippen LogP contribution in [-0.2, 0) is 0 Å². The van der Waals surface area contributed by atoms with Crippen molar-refractivity contribution in [3.63, 3.8) is 0 Å². The van der Waals surface area contributed by atoms with Crippen LogP contribution in [0.3, 0.4) is 0 Å². The van der Waals surface area contributed by atoms with Gasteiger partial charge < -0.3 is 4.74 Å². The van der Waals surface area contributed by atoms with Crippen molar-refractivity contribution in [1.82, 2.24) is 0 Å². The molecule has 0 saturated carbocycles. The van der Waals surface area contributed by atoms with Crippen molar-refractivity contribution in [3.05, 3.63) is 83.4 Å². The molecule has 0 bridgehead atoms. The number of carbonyl (C=O) groups is 1. The molecule has 3 aromatic rings. The summed E-state index contributed by atoms with van der Waals surface area (Å²) in [6, 6.07) is 16.0. The van der Waals surface area contributed by atoms with E-state index in [2.05, 4.69) is 0 Å². The van der Waals surface area contributed by atoms with Gasteiger partial charge in [-0.25, -0.2) is 8.78 Å². The highest BCUT2D eigenvalue weighted by atomic mass is 19.1. The van der Waals surface area contributed by atoms with Gasteiger partial charge in [0.25, 0.3) is 0 Å². The van der Waals surface area contributed by atoms with Crippen LogP contribution in [0.25, 0.3) is 11.1 Å². The Hall–Kier alpha value is -3.34. The molecule has 0 fully saturated rings. The fraction of sp³-hybridized carbons (Fsp3) is 0.231. The summed E-state index contributed by atoms with van der Waals surface area (Å²) in [6.07, 6.45) is 2.03. The number of rotatable bonds is 8. The Morgan fingerprint density at radius 2 is 1.65 bits per heavy atom. The summed E-state index contributed by atoms with van der Waals surface area (Å²) in [5.41, 5.74) is 3.42. The van der Waals surface area contributed by atoms with E-state index >= 15 is 0 Å². The van der Waals surface area contributed by atoms with Gasteiger partial charge in [-0.3, -0.25) is 9.79 Å². The second-order valence-corrected chi connectivity index (χ2v) is 7.31. The molecule has 3 nitrogen and oxygen atoms in total. The normalized spacial score (nSPS) is 11.5. The Labute approximate surface area is 181 Å². The van der Waals surface area contributed by atoms with Crippen LogP contribution >= 0.6 is 0 Å². The molecule has 0 aromatic heterocycles. The number of carbonyl (C=O) groups excluding carboxylic acids is 1. The minimum absolute atomic E-state index is 0.0489. The number of aliphatic imine (C=N–C) groups is 1. The Kier molecular flexibility index (Phi) is 7.29. The molecule has 0 aliphatic carbocycles. The third-order valence-corrected chi connectivity index (χ3v) is 5.04. The minimum atomic E-state index is -0.664. The molecule has 0 amide bonds. The van der Waals surface area contributed by atoms with Crippen molar-refractivity contribution < 1.29 is 18.3 Å². The fourth-order valence-corrected chi connectivity index (χ4v) is 3.41. The number of methoxy groups -OCH3 is 1. The number of hydrogen-bond acceptors (Lipinski definition) is 3. The van der Waals surface area contributed by atoms with Crippen molar-refractivity contribution in [3.8, 4) is 16.9 Å². The molecule has 0 saturated heterocycles. The first kappa shape index (κ1) is 22.3. The van der Waals surface area contributed by atoms with Crippen LogP contribution < -0.4 is 4.74 Å². The lowest BCUT2D eigenvalue weighted by molar-refractivity contribution is 0.0980. The highest BCUT2D eigenvalue weighted by Gasteiger charge is 2.15. The summed E-state index contributed by atoms with van der Waals surface area (Å²) in [4.78, 5) is 17.6. The van der Waals surface area contributed by atoms with Gasteiger partial charge in [0, 0.05) is 29.3 Å². The minimum Gasteiger partial charge on any atom is -0.496 e. The number of halogens is 2. The third kappa shape index (κ3) is 5.43. The van der Waals surface area contributed by atoms with Gasteiger partial charge in [-0.2, -0.15) is 0 Å². The Bertz CT molecular complexity index is 1100. The number of ketones is 1. The van der Waals surface area contributed by atoms with Crippen molar-refractivity contribution >= 4 is 17.2 Å². The van der Waals surface area contributed by atoms with Crippen LogP contribution in [0.5, 0.6) is 5.75 Å². The fourth-order valence-electron chi connectivity index (χ4n) is 3.41. The first-order valence-electron chi connectivity index (χ1n) is 10.2. The summed E-state index contributed by atoms with van der Waals surface area (Å²) in [7, 11) is 1.60. The van der Waals surface area contributed by atoms with Gasteiger partial charge in [0.2, 0.25) is 0 Å². The van der Waals surface area contributed by atoms with Crippen molar-refractivity contribution in [1.29, 1.82) is 0 Å². The van der Waals surface area contributed by atoms with Crippen LogP contribution in [0.4, 0.5) is 14.5 Å². The van der Waals surface area contributed by atoms with Gasteiger partial charge >= 0.3 is 0 Å². The van der Waals surface area contributed by atoms with E-state index in [-0.39, 0.29) is 5.78 Å². The van der Waals surface area contributed by atoms with E-state index in [1.54, 1.807) is 25.3 Å². The monoisotopic (exact) mass is 421 g/mol. The van der Waals surface area contributed by atoms with Crippen LogP contribution in [0.2, 0.25) is 0 Å². The van der Waals surface area contributed by atoms with Crippen LogP contribution in [0.15, 0.2) is 65.7 Å². The summed E-state index contributed by atoms with van der Waals surface area (Å²) in [6.45, 7) is 3.87. The van der Waals surface area contributed by atoms with Crippen molar-refractivity contribution in [2.45, 2.75) is 33.1 Å². The molecule has 0 atom stereocenters. The Morgan fingerprint density at radius 3 is 2.32 bits per heavy atom. The van der Waals surface area contributed by atoms with E-state index in [1.165, 1.54) is 12.1 Å². The Morgan fingerprint density at radius 1 is 0.935 bits per heavy atom. The predicted molar refractivity (Wildman–Crippen MR) is 121 cm³/mol. The predicted octanol–water partition coefficient (Wildman–Crippen LogP) is 7.15. The smallest absolute Gasteiger partial charge is 0.165 e. The number of Topliss-reactive ketones (excluding diaryl/α,β-unsaturated/α-hetero) is 1. The zero-order valence-electron chi connectivity index (χ0n) is 17.9. The van der Waals surface area contributed by atoms with E-state index in [9.17, 15) is 13.6 Å². The molecule has 0 heterocycles.